The molecule has 0 saturated carbocycles. The minimum absolute atomic E-state index is 0.271. The molecule has 26 heavy (non-hydrogen) atoms. The molecule has 2 aromatic rings. The lowest BCUT2D eigenvalue weighted by atomic mass is 10.1. The van der Waals surface area contributed by atoms with Crippen molar-refractivity contribution in [3.63, 3.8) is 0 Å². The summed E-state index contributed by atoms with van der Waals surface area (Å²) >= 11 is 0. The van der Waals surface area contributed by atoms with Gasteiger partial charge in [0.1, 0.15) is 24.7 Å². The molecule has 0 unspecified atom stereocenters. The Balaban J connectivity index is 1.73. The highest BCUT2D eigenvalue weighted by atomic mass is 19.4. The van der Waals surface area contributed by atoms with Crippen molar-refractivity contribution in [2.24, 2.45) is 0 Å². The van der Waals surface area contributed by atoms with E-state index in [9.17, 15) is 13.2 Å². The van der Waals surface area contributed by atoms with Crippen LogP contribution in [-0.2, 0) is 10.9 Å². The highest BCUT2D eigenvalue weighted by Gasteiger charge is 2.36. The fourth-order valence-electron chi connectivity index (χ4n) is 2.84. The first-order valence-electron chi connectivity index (χ1n) is 7.95. The Morgan fingerprint density at radius 1 is 1.31 bits per heavy atom. The first-order valence-corrected chi connectivity index (χ1v) is 7.95. The molecule has 1 fully saturated rings. The topological polar surface area (TPSA) is 58.4 Å². The van der Waals surface area contributed by atoms with Crippen molar-refractivity contribution in [3.8, 4) is 11.8 Å². The monoisotopic (exact) mass is 363 g/mol. The van der Waals surface area contributed by atoms with Crippen molar-refractivity contribution in [3.05, 3.63) is 53.9 Å². The Morgan fingerprint density at radius 3 is 2.69 bits per heavy atom. The van der Waals surface area contributed by atoms with Gasteiger partial charge in [0.2, 0.25) is 0 Å². The van der Waals surface area contributed by atoms with E-state index < -0.39 is 23.5 Å². The van der Waals surface area contributed by atoms with E-state index in [1.54, 1.807) is 42.4 Å². The molecule has 1 aliphatic heterocycles. The van der Waals surface area contributed by atoms with E-state index in [2.05, 4.69) is 4.98 Å². The molecular weight excluding hydrogens is 347 g/mol. The third-order valence-electron chi connectivity index (χ3n) is 4.07. The van der Waals surface area contributed by atoms with Crippen LogP contribution >= 0.6 is 0 Å². The highest BCUT2D eigenvalue weighted by molar-refractivity contribution is 5.55. The van der Waals surface area contributed by atoms with Gasteiger partial charge < -0.3 is 14.4 Å². The van der Waals surface area contributed by atoms with Crippen LogP contribution in [0.1, 0.15) is 18.1 Å². The number of alkyl halides is 3. The lowest BCUT2D eigenvalue weighted by Gasteiger charge is -2.23. The molecule has 136 valence electrons. The summed E-state index contributed by atoms with van der Waals surface area (Å²) in [5.74, 6) is 0.646. The van der Waals surface area contributed by atoms with Crippen LogP contribution in [-0.4, -0.2) is 30.5 Å². The minimum atomic E-state index is -4.59. The Kier molecular flexibility index (Phi) is 5.00. The molecule has 0 N–H and O–H groups in total. The number of nitriles is 1. The fraction of sp³-hybridized carbons (Fsp3) is 0.333. The lowest BCUT2D eigenvalue weighted by molar-refractivity contribution is -0.137. The van der Waals surface area contributed by atoms with Crippen molar-refractivity contribution < 1.29 is 22.6 Å². The van der Waals surface area contributed by atoms with E-state index in [0.717, 1.165) is 6.07 Å². The third kappa shape index (κ3) is 3.89. The molecule has 3 rings (SSSR count). The Hall–Kier alpha value is -2.79. The van der Waals surface area contributed by atoms with Gasteiger partial charge in [-0.05, 0) is 37.3 Å². The molecule has 0 bridgehead atoms. The van der Waals surface area contributed by atoms with Gasteiger partial charge in [0, 0.05) is 18.1 Å². The number of rotatable bonds is 4. The molecule has 1 aromatic carbocycles. The molecule has 1 saturated heterocycles. The second-order valence-electron chi connectivity index (χ2n) is 5.84. The number of pyridine rings is 1. The number of nitrogens with zero attached hydrogens (tertiary/aromatic N) is 3. The van der Waals surface area contributed by atoms with Crippen LogP contribution in [0.2, 0.25) is 0 Å². The van der Waals surface area contributed by atoms with Gasteiger partial charge >= 0.3 is 6.18 Å². The molecule has 0 spiro atoms. The zero-order valence-electron chi connectivity index (χ0n) is 13.9. The zero-order chi connectivity index (χ0) is 18.7. The first kappa shape index (κ1) is 18.0. The van der Waals surface area contributed by atoms with E-state index >= 15 is 0 Å². The van der Waals surface area contributed by atoms with Crippen LogP contribution < -0.4 is 9.64 Å². The molecule has 0 amide bonds. The number of benzene rings is 1. The van der Waals surface area contributed by atoms with E-state index in [4.69, 9.17) is 14.7 Å². The maximum absolute atomic E-state index is 13.2. The second-order valence-corrected chi connectivity index (χ2v) is 5.84. The van der Waals surface area contributed by atoms with E-state index in [0.29, 0.717) is 18.0 Å². The van der Waals surface area contributed by atoms with Crippen LogP contribution in [0, 0.1) is 11.3 Å². The number of aromatic nitrogens is 1. The Bertz CT molecular complexity index is 806. The maximum Gasteiger partial charge on any atom is 0.417 e. The zero-order valence-corrected chi connectivity index (χ0v) is 13.9. The quantitative estimate of drug-likeness (QED) is 0.831. The molecule has 8 heteroatoms. The van der Waals surface area contributed by atoms with Gasteiger partial charge in [-0.15, -0.1) is 0 Å². The molecule has 0 aliphatic carbocycles. The van der Waals surface area contributed by atoms with Gasteiger partial charge in [-0.3, -0.25) is 4.98 Å². The molecule has 1 aliphatic rings. The first-order chi connectivity index (χ1) is 12.4. The molecule has 1 aromatic heterocycles. The second kappa shape index (κ2) is 7.22. The largest absolute Gasteiger partial charge is 0.491 e. The predicted molar refractivity (Wildman–Crippen MR) is 87.6 cm³/mol. The van der Waals surface area contributed by atoms with Gasteiger partial charge in [0.25, 0.3) is 0 Å². The summed E-state index contributed by atoms with van der Waals surface area (Å²) in [6, 6.07) is 8.69. The number of anilines is 1. The van der Waals surface area contributed by atoms with Gasteiger partial charge in [-0.1, -0.05) is 0 Å². The summed E-state index contributed by atoms with van der Waals surface area (Å²) in [7, 11) is 0. The van der Waals surface area contributed by atoms with Crippen molar-refractivity contribution in [1.29, 1.82) is 5.26 Å². The summed E-state index contributed by atoms with van der Waals surface area (Å²) in [6.45, 7) is 2.42. The van der Waals surface area contributed by atoms with Gasteiger partial charge in [-0.25, -0.2) is 0 Å². The third-order valence-corrected chi connectivity index (χ3v) is 4.07. The minimum Gasteiger partial charge on any atom is -0.491 e. The van der Waals surface area contributed by atoms with Gasteiger partial charge in [-0.2, -0.15) is 18.4 Å². The summed E-state index contributed by atoms with van der Waals surface area (Å²) in [5.41, 5.74) is -0.983. The SMILES string of the molecule is C[C@H]1O[C@H](COc2ccncc2)CN1c1ccc(C#N)c(C(F)(F)F)c1. The highest BCUT2D eigenvalue weighted by Crippen LogP contribution is 2.35. The standard InChI is InChI=1S/C18H16F3N3O2/c1-12-24(10-16(26-12)11-25-15-4-6-23-7-5-15)14-3-2-13(9-22)17(8-14)18(19,20)21/h2-8,12,16H,10-11H2,1H3/t12-,16+/m1/s1. The van der Waals surface area contributed by atoms with Gasteiger partial charge in [0.15, 0.2) is 0 Å². The van der Waals surface area contributed by atoms with E-state index in [1.165, 1.54) is 12.1 Å². The predicted octanol–water partition coefficient (Wildman–Crippen LogP) is 3.60. The van der Waals surface area contributed by atoms with Crippen LogP contribution in [0.25, 0.3) is 0 Å². The van der Waals surface area contributed by atoms with E-state index in [1.807, 2.05) is 0 Å². The summed E-state index contributed by atoms with van der Waals surface area (Å²) in [4.78, 5) is 5.62. The molecular formula is C18H16F3N3O2. The van der Waals surface area contributed by atoms with Gasteiger partial charge in [0.05, 0.1) is 23.7 Å². The summed E-state index contributed by atoms with van der Waals surface area (Å²) in [6.07, 6.45) is -2.07. The number of ether oxygens (including phenoxy) is 2. The number of hydrogen-bond donors (Lipinski definition) is 0. The average Bonchev–Trinajstić information content (AvgIpc) is 3.00. The summed E-state index contributed by atoms with van der Waals surface area (Å²) < 4.78 is 50.9. The molecule has 0 radical (unpaired) electrons. The van der Waals surface area contributed by atoms with Crippen molar-refractivity contribution in [1.82, 2.24) is 4.98 Å². The molecule has 2 heterocycles. The van der Waals surface area contributed by atoms with Crippen LogP contribution in [0.4, 0.5) is 18.9 Å². The fourth-order valence-corrected chi connectivity index (χ4v) is 2.84. The van der Waals surface area contributed by atoms with Crippen molar-refractivity contribution in [2.75, 3.05) is 18.1 Å². The van der Waals surface area contributed by atoms with Crippen LogP contribution in [0.5, 0.6) is 5.75 Å². The summed E-state index contributed by atoms with van der Waals surface area (Å²) in [5, 5.41) is 8.90. The van der Waals surface area contributed by atoms with Crippen LogP contribution in [0.3, 0.4) is 0 Å². The average molecular weight is 363 g/mol. The maximum atomic E-state index is 13.2. The number of halogens is 3. The lowest BCUT2D eigenvalue weighted by Crippen LogP contribution is -2.28. The van der Waals surface area contributed by atoms with E-state index in [-0.39, 0.29) is 12.7 Å². The Labute approximate surface area is 148 Å². The number of hydrogen-bond acceptors (Lipinski definition) is 5. The van der Waals surface area contributed by atoms with Crippen molar-refractivity contribution in [2.45, 2.75) is 25.4 Å². The van der Waals surface area contributed by atoms with Crippen molar-refractivity contribution >= 4 is 5.69 Å². The van der Waals surface area contributed by atoms with Crippen LogP contribution in [0.15, 0.2) is 42.7 Å². The Morgan fingerprint density at radius 2 is 2.04 bits per heavy atom. The normalized spacial score (nSPS) is 20.0. The molecule has 2 atom stereocenters. The smallest absolute Gasteiger partial charge is 0.417 e. The molecule has 5 nitrogen and oxygen atoms in total.